The summed E-state index contributed by atoms with van der Waals surface area (Å²) in [6, 6.07) is 10.1. The molecular formula is C18H19N5O2. The Labute approximate surface area is 145 Å². The predicted octanol–water partition coefficient (Wildman–Crippen LogP) is 2.36. The van der Waals surface area contributed by atoms with Crippen LogP contribution in [0.25, 0.3) is 0 Å². The molecule has 1 fully saturated rings. The van der Waals surface area contributed by atoms with Gasteiger partial charge in [0.2, 0.25) is 0 Å². The molecule has 2 amide bonds. The first-order valence-electron chi connectivity index (χ1n) is 8.19. The number of piperidine rings is 1. The number of amides is 2. The Bertz CT molecular complexity index is 866. The van der Waals surface area contributed by atoms with Gasteiger partial charge in [-0.15, -0.1) is 0 Å². The van der Waals surface area contributed by atoms with Gasteiger partial charge in [0.05, 0.1) is 17.3 Å². The van der Waals surface area contributed by atoms with E-state index in [1.165, 1.54) is 6.07 Å². The van der Waals surface area contributed by atoms with Crippen molar-refractivity contribution in [2.75, 3.05) is 18.4 Å². The van der Waals surface area contributed by atoms with E-state index in [2.05, 4.69) is 15.3 Å². The fraction of sp³-hybridized carbons (Fsp3) is 0.333. The number of aromatic amines is 1. The van der Waals surface area contributed by atoms with Gasteiger partial charge in [0.25, 0.3) is 5.56 Å². The van der Waals surface area contributed by atoms with Gasteiger partial charge >= 0.3 is 6.03 Å². The molecule has 0 aliphatic carbocycles. The SMILES string of the molecule is Cc1nc([C@@H]2CCCN(C(=O)Nc3ccc(C#N)cc3)C2)cc(=O)[nH]1. The topological polar surface area (TPSA) is 102 Å². The maximum absolute atomic E-state index is 12.5. The van der Waals surface area contributed by atoms with Crippen molar-refractivity contribution in [1.29, 1.82) is 5.26 Å². The lowest BCUT2D eigenvalue weighted by atomic mass is 9.94. The molecule has 1 saturated heterocycles. The van der Waals surface area contributed by atoms with Gasteiger partial charge in [0, 0.05) is 30.8 Å². The Morgan fingerprint density at radius 3 is 2.84 bits per heavy atom. The van der Waals surface area contributed by atoms with Crippen LogP contribution in [0.3, 0.4) is 0 Å². The van der Waals surface area contributed by atoms with Crippen molar-refractivity contribution >= 4 is 11.7 Å². The second kappa shape index (κ2) is 7.18. The lowest BCUT2D eigenvalue weighted by molar-refractivity contribution is 0.192. The van der Waals surface area contributed by atoms with Crippen LogP contribution in [0.5, 0.6) is 0 Å². The average Bonchev–Trinajstić information content (AvgIpc) is 2.61. The molecular weight excluding hydrogens is 318 g/mol. The molecule has 0 unspecified atom stereocenters. The van der Waals surface area contributed by atoms with E-state index >= 15 is 0 Å². The second-order valence-corrected chi connectivity index (χ2v) is 6.16. The molecule has 1 atom stereocenters. The summed E-state index contributed by atoms with van der Waals surface area (Å²) in [5.41, 5.74) is 1.77. The van der Waals surface area contributed by atoms with E-state index in [1.54, 1.807) is 36.1 Å². The molecule has 0 saturated carbocycles. The van der Waals surface area contributed by atoms with Gasteiger partial charge < -0.3 is 15.2 Å². The number of urea groups is 1. The minimum atomic E-state index is -0.184. The summed E-state index contributed by atoms with van der Waals surface area (Å²) >= 11 is 0. The van der Waals surface area contributed by atoms with Gasteiger partial charge in [-0.1, -0.05) is 0 Å². The van der Waals surface area contributed by atoms with Gasteiger partial charge in [0.1, 0.15) is 5.82 Å². The van der Waals surface area contributed by atoms with Crippen LogP contribution in [-0.4, -0.2) is 34.0 Å². The molecule has 7 heteroatoms. The number of nitrogens with zero attached hydrogens (tertiary/aromatic N) is 3. The second-order valence-electron chi connectivity index (χ2n) is 6.16. The molecule has 2 N–H and O–H groups in total. The molecule has 1 aliphatic heterocycles. The van der Waals surface area contributed by atoms with Crippen molar-refractivity contribution in [2.24, 2.45) is 0 Å². The molecule has 0 spiro atoms. The first-order valence-corrected chi connectivity index (χ1v) is 8.19. The highest BCUT2D eigenvalue weighted by molar-refractivity contribution is 5.89. The summed E-state index contributed by atoms with van der Waals surface area (Å²) in [5, 5.41) is 11.7. The van der Waals surface area contributed by atoms with Crippen LogP contribution in [0.2, 0.25) is 0 Å². The fourth-order valence-electron chi connectivity index (χ4n) is 3.05. The smallest absolute Gasteiger partial charge is 0.321 e. The molecule has 1 aromatic carbocycles. The summed E-state index contributed by atoms with van der Waals surface area (Å²) in [7, 11) is 0. The number of benzene rings is 1. The summed E-state index contributed by atoms with van der Waals surface area (Å²) in [4.78, 5) is 32.9. The minimum Gasteiger partial charge on any atom is -0.324 e. The Morgan fingerprint density at radius 1 is 1.40 bits per heavy atom. The number of hydrogen-bond donors (Lipinski definition) is 2. The fourth-order valence-corrected chi connectivity index (χ4v) is 3.05. The quantitative estimate of drug-likeness (QED) is 0.878. The molecule has 0 radical (unpaired) electrons. The number of aromatic nitrogens is 2. The Morgan fingerprint density at radius 2 is 2.16 bits per heavy atom. The third-order valence-corrected chi connectivity index (χ3v) is 4.27. The number of aryl methyl sites for hydroxylation is 1. The molecule has 7 nitrogen and oxygen atoms in total. The number of H-pyrrole nitrogens is 1. The van der Waals surface area contributed by atoms with Crippen LogP contribution in [-0.2, 0) is 0 Å². The van der Waals surface area contributed by atoms with Crippen LogP contribution in [0.1, 0.15) is 35.8 Å². The van der Waals surface area contributed by atoms with Crippen molar-refractivity contribution in [3.8, 4) is 6.07 Å². The van der Waals surface area contributed by atoms with Gasteiger partial charge in [-0.25, -0.2) is 9.78 Å². The van der Waals surface area contributed by atoms with Crippen molar-refractivity contribution < 1.29 is 4.79 Å². The number of rotatable bonds is 2. The maximum Gasteiger partial charge on any atom is 0.321 e. The predicted molar refractivity (Wildman–Crippen MR) is 93.3 cm³/mol. The molecule has 1 aliphatic rings. The van der Waals surface area contributed by atoms with Gasteiger partial charge in [-0.05, 0) is 44.0 Å². The third kappa shape index (κ3) is 4.04. The van der Waals surface area contributed by atoms with Crippen LogP contribution in [0, 0.1) is 18.3 Å². The van der Waals surface area contributed by atoms with Crippen molar-refractivity contribution in [3.05, 3.63) is 57.8 Å². The number of hydrogen-bond acceptors (Lipinski definition) is 4. The van der Waals surface area contributed by atoms with Crippen LogP contribution in [0.15, 0.2) is 35.1 Å². The Hall–Kier alpha value is -3.14. The molecule has 1 aromatic heterocycles. The molecule has 0 bridgehead atoms. The highest BCUT2D eigenvalue weighted by Gasteiger charge is 2.26. The number of likely N-dealkylation sites (tertiary alicyclic amines) is 1. The minimum absolute atomic E-state index is 0.0569. The third-order valence-electron chi connectivity index (χ3n) is 4.27. The normalized spacial score (nSPS) is 17.0. The first kappa shape index (κ1) is 16.7. The molecule has 2 heterocycles. The number of carbonyl (C=O) groups is 1. The first-order chi connectivity index (χ1) is 12.0. The highest BCUT2D eigenvalue weighted by atomic mass is 16.2. The van der Waals surface area contributed by atoms with Crippen LogP contribution < -0.4 is 10.9 Å². The summed E-state index contributed by atoms with van der Waals surface area (Å²) in [6.07, 6.45) is 1.76. The molecule has 3 rings (SSSR count). The van der Waals surface area contributed by atoms with Crippen LogP contribution in [0.4, 0.5) is 10.5 Å². The number of anilines is 1. The van der Waals surface area contributed by atoms with E-state index < -0.39 is 0 Å². The molecule has 128 valence electrons. The lowest BCUT2D eigenvalue weighted by Crippen LogP contribution is -2.42. The molecule has 25 heavy (non-hydrogen) atoms. The zero-order valence-electron chi connectivity index (χ0n) is 14.0. The standard InChI is InChI=1S/C18H19N5O2/c1-12-20-16(9-17(24)21-12)14-3-2-8-23(11-14)18(25)22-15-6-4-13(10-19)5-7-15/h4-7,9,14H,2-3,8,11H2,1H3,(H,22,25)(H,20,21,24)/t14-/m1/s1. The van der Waals surface area contributed by atoms with Gasteiger partial charge in [-0.2, -0.15) is 5.26 Å². The Balaban J connectivity index is 1.68. The monoisotopic (exact) mass is 337 g/mol. The van der Waals surface area contributed by atoms with Crippen molar-refractivity contribution in [2.45, 2.75) is 25.7 Å². The lowest BCUT2D eigenvalue weighted by Gasteiger charge is -2.32. The zero-order valence-corrected chi connectivity index (χ0v) is 14.0. The average molecular weight is 337 g/mol. The summed E-state index contributed by atoms with van der Waals surface area (Å²) in [5.74, 6) is 0.642. The van der Waals surface area contributed by atoms with E-state index in [0.29, 0.717) is 30.2 Å². The maximum atomic E-state index is 12.5. The van der Waals surface area contributed by atoms with Crippen LogP contribution >= 0.6 is 0 Å². The molecule has 2 aromatic rings. The van der Waals surface area contributed by atoms with E-state index in [9.17, 15) is 9.59 Å². The van der Waals surface area contributed by atoms with E-state index in [0.717, 1.165) is 18.5 Å². The highest BCUT2D eigenvalue weighted by Crippen LogP contribution is 2.25. The summed E-state index contributed by atoms with van der Waals surface area (Å²) < 4.78 is 0. The number of nitrogens with one attached hydrogen (secondary N) is 2. The van der Waals surface area contributed by atoms with E-state index in [-0.39, 0.29) is 17.5 Å². The van der Waals surface area contributed by atoms with Crippen molar-refractivity contribution in [1.82, 2.24) is 14.9 Å². The van der Waals surface area contributed by atoms with Gasteiger partial charge in [-0.3, -0.25) is 4.79 Å². The van der Waals surface area contributed by atoms with Crippen molar-refractivity contribution in [3.63, 3.8) is 0 Å². The Kier molecular flexibility index (Phi) is 4.80. The zero-order chi connectivity index (χ0) is 17.8. The largest absolute Gasteiger partial charge is 0.324 e. The number of carbonyl (C=O) groups excluding carboxylic acids is 1. The van der Waals surface area contributed by atoms with E-state index in [4.69, 9.17) is 5.26 Å². The van der Waals surface area contributed by atoms with Gasteiger partial charge in [0.15, 0.2) is 0 Å². The summed E-state index contributed by atoms with van der Waals surface area (Å²) in [6.45, 7) is 2.95. The van der Waals surface area contributed by atoms with E-state index in [1.807, 2.05) is 6.07 Å². The number of nitriles is 1.